The molecule has 1 heterocycles. The molecular formula is C10H12N2O2. The molecule has 2 rings (SSSR count). The van der Waals surface area contributed by atoms with Gasteiger partial charge in [-0.05, 0) is 17.2 Å². The van der Waals surface area contributed by atoms with Gasteiger partial charge in [-0.15, -0.1) is 0 Å². The molecule has 1 aliphatic heterocycles. The highest BCUT2D eigenvalue weighted by molar-refractivity contribution is 5.71. The first-order valence-corrected chi connectivity index (χ1v) is 4.54. The Bertz CT molecular complexity index is 363. The van der Waals surface area contributed by atoms with E-state index in [-0.39, 0.29) is 6.42 Å². The van der Waals surface area contributed by atoms with Gasteiger partial charge >= 0.3 is 5.97 Å². The van der Waals surface area contributed by atoms with E-state index in [0.717, 1.165) is 30.0 Å². The number of hydrogen-bond donors (Lipinski definition) is 3. The molecule has 0 spiro atoms. The van der Waals surface area contributed by atoms with Crippen molar-refractivity contribution >= 4 is 11.7 Å². The molecule has 0 fully saturated rings. The van der Waals surface area contributed by atoms with Gasteiger partial charge in [0.1, 0.15) is 0 Å². The molecule has 0 saturated heterocycles. The van der Waals surface area contributed by atoms with Crippen LogP contribution in [-0.4, -0.2) is 17.7 Å². The average molecular weight is 192 g/mol. The van der Waals surface area contributed by atoms with Crippen molar-refractivity contribution in [2.24, 2.45) is 0 Å². The van der Waals surface area contributed by atoms with Gasteiger partial charge in [0.05, 0.1) is 13.1 Å². The van der Waals surface area contributed by atoms with Gasteiger partial charge in [-0.1, -0.05) is 12.1 Å². The van der Waals surface area contributed by atoms with E-state index >= 15 is 0 Å². The molecule has 0 radical (unpaired) electrons. The first kappa shape index (κ1) is 9.02. The second-order valence-electron chi connectivity index (χ2n) is 3.34. The van der Waals surface area contributed by atoms with Gasteiger partial charge in [-0.2, -0.15) is 0 Å². The van der Waals surface area contributed by atoms with Crippen molar-refractivity contribution in [1.82, 2.24) is 5.32 Å². The van der Waals surface area contributed by atoms with Crippen molar-refractivity contribution in [3.05, 3.63) is 29.3 Å². The highest BCUT2D eigenvalue weighted by atomic mass is 16.4. The molecule has 74 valence electrons. The fourth-order valence-electron chi connectivity index (χ4n) is 1.61. The maximum atomic E-state index is 10.5. The molecule has 1 aromatic carbocycles. The van der Waals surface area contributed by atoms with Crippen LogP contribution < -0.4 is 10.6 Å². The van der Waals surface area contributed by atoms with Gasteiger partial charge in [-0.25, -0.2) is 0 Å². The summed E-state index contributed by atoms with van der Waals surface area (Å²) < 4.78 is 0. The molecule has 0 bridgehead atoms. The van der Waals surface area contributed by atoms with E-state index in [2.05, 4.69) is 10.6 Å². The number of benzene rings is 1. The van der Waals surface area contributed by atoms with E-state index in [9.17, 15) is 4.79 Å². The maximum Gasteiger partial charge on any atom is 0.307 e. The highest BCUT2D eigenvalue weighted by Gasteiger charge is 2.09. The van der Waals surface area contributed by atoms with Crippen molar-refractivity contribution < 1.29 is 9.90 Å². The lowest BCUT2D eigenvalue weighted by Crippen LogP contribution is -2.27. The van der Waals surface area contributed by atoms with Crippen LogP contribution in [0.15, 0.2) is 18.2 Å². The highest BCUT2D eigenvalue weighted by Crippen LogP contribution is 2.19. The molecule has 0 unspecified atom stereocenters. The van der Waals surface area contributed by atoms with Crippen LogP contribution >= 0.6 is 0 Å². The van der Waals surface area contributed by atoms with E-state index in [0.29, 0.717) is 0 Å². The predicted molar refractivity (Wildman–Crippen MR) is 53.1 cm³/mol. The first-order chi connectivity index (χ1) is 6.75. The molecule has 1 aliphatic rings. The Morgan fingerprint density at radius 2 is 2.36 bits per heavy atom. The Kier molecular flexibility index (Phi) is 2.37. The van der Waals surface area contributed by atoms with Crippen molar-refractivity contribution in [3.63, 3.8) is 0 Å². The van der Waals surface area contributed by atoms with Gasteiger partial charge in [0.15, 0.2) is 0 Å². The Morgan fingerprint density at radius 3 is 3.14 bits per heavy atom. The summed E-state index contributed by atoms with van der Waals surface area (Å²) in [6.45, 7) is 1.57. The number of nitrogens with one attached hydrogen (secondary N) is 2. The molecule has 0 aromatic heterocycles. The van der Waals surface area contributed by atoms with Gasteiger partial charge in [-0.3, -0.25) is 10.1 Å². The van der Waals surface area contributed by atoms with Gasteiger partial charge in [0.25, 0.3) is 0 Å². The second kappa shape index (κ2) is 3.67. The Morgan fingerprint density at radius 1 is 1.50 bits per heavy atom. The quantitative estimate of drug-likeness (QED) is 0.648. The van der Waals surface area contributed by atoms with E-state index < -0.39 is 5.97 Å². The lowest BCUT2D eigenvalue weighted by atomic mass is 10.1. The standard InChI is InChI=1S/C10H12N2O2/c13-10(14)4-7-1-2-9-8(3-7)5-11-6-12-9/h1-3,11-12H,4-6H2,(H,13,14). The van der Waals surface area contributed by atoms with Crippen LogP contribution in [0.25, 0.3) is 0 Å². The lowest BCUT2D eigenvalue weighted by molar-refractivity contribution is -0.136. The van der Waals surface area contributed by atoms with Crippen LogP contribution in [0.4, 0.5) is 5.69 Å². The zero-order valence-corrected chi connectivity index (χ0v) is 7.71. The minimum Gasteiger partial charge on any atom is -0.481 e. The van der Waals surface area contributed by atoms with E-state index in [1.165, 1.54) is 0 Å². The van der Waals surface area contributed by atoms with E-state index in [4.69, 9.17) is 5.11 Å². The largest absolute Gasteiger partial charge is 0.481 e. The Balaban J connectivity index is 2.24. The summed E-state index contributed by atoms with van der Waals surface area (Å²) in [5.74, 6) is -0.790. The molecule has 4 nitrogen and oxygen atoms in total. The summed E-state index contributed by atoms with van der Waals surface area (Å²) >= 11 is 0. The second-order valence-corrected chi connectivity index (χ2v) is 3.34. The van der Waals surface area contributed by atoms with Crippen molar-refractivity contribution in [3.8, 4) is 0 Å². The van der Waals surface area contributed by atoms with Crippen LogP contribution in [0.5, 0.6) is 0 Å². The summed E-state index contributed by atoms with van der Waals surface area (Å²) in [7, 11) is 0. The molecule has 0 aliphatic carbocycles. The molecule has 0 atom stereocenters. The summed E-state index contributed by atoms with van der Waals surface area (Å²) in [6.07, 6.45) is 0.0906. The summed E-state index contributed by atoms with van der Waals surface area (Å²) in [6, 6.07) is 5.72. The fourth-order valence-corrected chi connectivity index (χ4v) is 1.61. The average Bonchev–Trinajstić information content (AvgIpc) is 2.17. The minimum absolute atomic E-state index is 0.0906. The molecule has 4 heteroatoms. The molecule has 0 saturated carbocycles. The SMILES string of the molecule is O=C(O)Cc1ccc2c(c1)CNCN2. The third-order valence-corrected chi connectivity index (χ3v) is 2.24. The van der Waals surface area contributed by atoms with Crippen LogP contribution in [0.3, 0.4) is 0 Å². The summed E-state index contributed by atoms with van der Waals surface area (Å²) in [5.41, 5.74) is 3.08. The van der Waals surface area contributed by atoms with Crippen molar-refractivity contribution in [2.75, 3.05) is 12.0 Å². The summed E-state index contributed by atoms with van der Waals surface area (Å²) in [5, 5.41) is 15.0. The van der Waals surface area contributed by atoms with Gasteiger partial charge < -0.3 is 10.4 Å². The number of anilines is 1. The van der Waals surface area contributed by atoms with Crippen LogP contribution in [-0.2, 0) is 17.8 Å². The molecule has 14 heavy (non-hydrogen) atoms. The Hall–Kier alpha value is -1.55. The lowest BCUT2D eigenvalue weighted by Gasteiger charge is -2.19. The minimum atomic E-state index is -0.790. The smallest absolute Gasteiger partial charge is 0.307 e. The number of rotatable bonds is 2. The van der Waals surface area contributed by atoms with Crippen molar-refractivity contribution in [1.29, 1.82) is 0 Å². The topological polar surface area (TPSA) is 61.4 Å². The number of fused-ring (bicyclic) bond motifs is 1. The summed E-state index contributed by atoms with van der Waals surface area (Å²) in [4.78, 5) is 10.5. The van der Waals surface area contributed by atoms with Gasteiger partial charge in [0.2, 0.25) is 0 Å². The van der Waals surface area contributed by atoms with E-state index in [1.54, 1.807) is 0 Å². The van der Waals surface area contributed by atoms with Crippen LogP contribution in [0.2, 0.25) is 0 Å². The van der Waals surface area contributed by atoms with E-state index in [1.807, 2.05) is 18.2 Å². The number of carboxylic acids is 1. The zero-order chi connectivity index (χ0) is 9.97. The molecule has 3 N–H and O–H groups in total. The third-order valence-electron chi connectivity index (χ3n) is 2.24. The molecule has 1 aromatic rings. The number of carbonyl (C=O) groups is 1. The predicted octanol–water partition coefficient (Wildman–Crippen LogP) is 0.786. The fraction of sp³-hybridized carbons (Fsp3) is 0.300. The molecule has 0 amide bonds. The van der Waals surface area contributed by atoms with Gasteiger partial charge in [0, 0.05) is 12.2 Å². The Labute approximate surface area is 81.9 Å². The molecular weight excluding hydrogens is 180 g/mol. The normalized spacial score (nSPS) is 14.3. The number of carboxylic acid groups (broad SMARTS) is 1. The maximum absolute atomic E-state index is 10.5. The van der Waals surface area contributed by atoms with Crippen molar-refractivity contribution in [2.45, 2.75) is 13.0 Å². The monoisotopic (exact) mass is 192 g/mol. The van der Waals surface area contributed by atoms with Crippen LogP contribution in [0.1, 0.15) is 11.1 Å². The third kappa shape index (κ3) is 1.85. The number of aliphatic carboxylic acids is 1. The first-order valence-electron chi connectivity index (χ1n) is 4.54. The number of hydrogen-bond acceptors (Lipinski definition) is 3. The van der Waals surface area contributed by atoms with Crippen LogP contribution in [0, 0.1) is 0 Å². The zero-order valence-electron chi connectivity index (χ0n) is 7.71.